The number of imidazole rings is 1. The lowest BCUT2D eigenvalue weighted by molar-refractivity contribution is 0.751. The molecule has 2 aromatic heterocycles. The molecule has 2 fully saturated rings. The highest BCUT2D eigenvalue weighted by Gasteiger charge is 2.28. The van der Waals surface area contributed by atoms with Crippen molar-refractivity contribution >= 4 is 5.82 Å². The molecule has 4 rings (SSSR count). The highest BCUT2D eigenvalue weighted by atomic mass is 15.2. The van der Waals surface area contributed by atoms with Crippen molar-refractivity contribution in [1.29, 1.82) is 0 Å². The van der Waals surface area contributed by atoms with Crippen LogP contribution in [0.1, 0.15) is 36.6 Å². The largest absolute Gasteiger partial charge is 0.355 e. The van der Waals surface area contributed by atoms with Crippen LogP contribution in [0.4, 0.5) is 5.82 Å². The highest BCUT2D eigenvalue weighted by molar-refractivity contribution is 5.55. The van der Waals surface area contributed by atoms with Gasteiger partial charge in [-0.1, -0.05) is 6.07 Å². The summed E-state index contributed by atoms with van der Waals surface area (Å²) < 4.78 is 0. The lowest BCUT2D eigenvalue weighted by Gasteiger charge is -2.17. The number of H-pyrrole nitrogens is 1. The second-order valence-electron chi connectivity index (χ2n) is 6.25. The average molecular weight is 283 g/mol. The quantitative estimate of drug-likeness (QED) is 0.906. The summed E-state index contributed by atoms with van der Waals surface area (Å²) in [5.41, 5.74) is 9.31. The van der Waals surface area contributed by atoms with Crippen LogP contribution in [0, 0.1) is 6.92 Å². The molecule has 1 saturated heterocycles. The Bertz CT molecular complexity index is 658. The smallest absolute Gasteiger partial charge is 0.156 e. The molecule has 5 heteroatoms. The van der Waals surface area contributed by atoms with Gasteiger partial charge in [-0.2, -0.15) is 0 Å². The molecule has 3 N–H and O–H groups in total. The van der Waals surface area contributed by atoms with Gasteiger partial charge in [0, 0.05) is 30.7 Å². The Morgan fingerprint density at radius 2 is 2.10 bits per heavy atom. The SMILES string of the molecule is Cc1[nH]c(-c2cccc(N3CCC(N)C3)n2)nc1C1CC1. The predicted octanol–water partition coefficient (Wildman–Crippen LogP) is 2.19. The minimum atomic E-state index is 0.266. The Hall–Kier alpha value is -1.88. The van der Waals surface area contributed by atoms with Crippen molar-refractivity contribution in [3.8, 4) is 11.5 Å². The van der Waals surface area contributed by atoms with Crippen LogP contribution in [-0.4, -0.2) is 34.1 Å². The summed E-state index contributed by atoms with van der Waals surface area (Å²) in [6.45, 7) is 3.98. The Labute approximate surface area is 124 Å². The maximum Gasteiger partial charge on any atom is 0.156 e. The van der Waals surface area contributed by atoms with Gasteiger partial charge >= 0.3 is 0 Å². The van der Waals surface area contributed by atoms with Gasteiger partial charge in [-0.3, -0.25) is 0 Å². The lowest BCUT2D eigenvalue weighted by Crippen LogP contribution is -2.26. The molecular formula is C16H21N5. The van der Waals surface area contributed by atoms with E-state index in [1.165, 1.54) is 24.2 Å². The standard InChI is InChI=1S/C16H21N5/c1-10-15(11-5-6-11)20-16(18-10)13-3-2-4-14(19-13)21-8-7-12(17)9-21/h2-4,11-12H,5-9,17H2,1H3,(H,18,20). The minimum Gasteiger partial charge on any atom is -0.355 e. The van der Waals surface area contributed by atoms with Crippen molar-refractivity contribution in [2.24, 2.45) is 5.73 Å². The Kier molecular flexibility index (Phi) is 2.96. The van der Waals surface area contributed by atoms with Gasteiger partial charge in [0.2, 0.25) is 0 Å². The van der Waals surface area contributed by atoms with Gasteiger partial charge < -0.3 is 15.6 Å². The molecule has 0 radical (unpaired) electrons. The second-order valence-corrected chi connectivity index (χ2v) is 6.25. The zero-order valence-electron chi connectivity index (χ0n) is 12.3. The molecule has 0 spiro atoms. The fourth-order valence-electron chi connectivity index (χ4n) is 3.08. The van der Waals surface area contributed by atoms with E-state index in [9.17, 15) is 0 Å². The lowest BCUT2D eigenvalue weighted by atomic mass is 10.2. The maximum atomic E-state index is 5.99. The number of rotatable bonds is 3. The molecule has 1 atom stereocenters. The maximum absolute atomic E-state index is 5.99. The number of hydrogen-bond donors (Lipinski definition) is 2. The zero-order valence-corrected chi connectivity index (χ0v) is 12.3. The van der Waals surface area contributed by atoms with E-state index >= 15 is 0 Å². The van der Waals surface area contributed by atoms with Gasteiger partial charge in [-0.25, -0.2) is 9.97 Å². The number of aromatic amines is 1. The predicted molar refractivity (Wildman–Crippen MR) is 83.3 cm³/mol. The van der Waals surface area contributed by atoms with Gasteiger partial charge in [0.15, 0.2) is 5.82 Å². The van der Waals surface area contributed by atoms with E-state index < -0.39 is 0 Å². The Morgan fingerprint density at radius 3 is 2.81 bits per heavy atom. The molecule has 3 heterocycles. The van der Waals surface area contributed by atoms with Crippen molar-refractivity contribution in [3.63, 3.8) is 0 Å². The van der Waals surface area contributed by atoms with Crippen LogP contribution in [0.3, 0.4) is 0 Å². The number of nitrogens with one attached hydrogen (secondary N) is 1. The third-order valence-electron chi connectivity index (χ3n) is 4.41. The Balaban J connectivity index is 1.64. The molecular weight excluding hydrogens is 262 g/mol. The number of nitrogens with two attached hydrogens (primary N) is 1. The average Bonchev–Trinajstić information content (AvgIpc) is 3.12. The molecule has 2 aromatic rings. The molecule has 1 aliphatic heterocycles. The van der Waals surface area contributed by atoms with Gasteiger partial charge in [0.25, 0.3) is 0 Å². The fourth-order valence-corrected chi connectivity index (χ4v) is 3.08. The summed E-state index contributed by atoms with van der Waals surface area (Å²) in [5, 5.41) is 0. The first kappa shape index (κ1) is 12.8. The van der Waals surface area contributed by atoms with E-state index in [4.69, 9.17) is 15.7 Å². The summed E-state index contributed by atoms with van der Waals surface area (Å²) in [7, 11) is 0. The Morgan fingerprint density at radius 1 is 1.24 bits per heavy atom. The van der Waals surface area contributed by atoms with E-state index in [1.54, 1.807) is 0 Å². The molecule has 1 saturated carbocycles. The third-order valence-corrected chi connectivity index (χ3v) is 4.41. The zero-order chi connectivity index (χ0) is 14.4. The van der Waals surface area contributed by atoms with Crippen molar-refractivity contribution in [3.05, 3.63) is 29.6 Å². The molecule has 1 aliphatic carbocycles. The number of pyridine rings is 1. The number of hydrogen-bond acceptors (Lipinski definition) is 4. The van der Waals surface area contributed by atoms with E-state index in [0.717, 1.165) is 36.8 Å². The minimum absolute atomic E-state index is 0.266. The van der Waals surface area contributed by atoms with Gasteiger partial charge in [0.05, 0.1) is 5.69 Å². The number of nitrogens with zero attached hydrogens (tertiary/aromatic N) is 3. The fraction of sp³-hybridized carbons (Fsp3) is 0.500. The summed E-state index contributed by atoms with van der Waals surface area (Å²) in [4.78, 5) is 15.2. The molecule has 0 amide bonds. The molecule has 5 nitrogen and oxygen atoms in total. The summed E-state index contributed by atoms with van der Waals surface area (Å²) in [5.74, 6) is 2.55. The second kappa shape index (κ2) is 4.84. The van der Waals surface area contributed by atoms with Crippen LogP contribution < -0.4 is 10.6 Å². The van der Waals surface area contributed by atoms with Crippen LogP contribution >= 0.6 is 0 Å². The number of aromatic nitrogens is 3. The van der Waals surface area contributed by atoms with Crippen molar-refractivity contribution in [2.75, 3.05) is 18.0 Å². The third kappa shape index (κ3) is 2.42. The van der Waals surface area contributed by atoms with Crippen molar-refractivity contribution in [2.45, 2.75) is 38.1 Å². The van der Waals surface area contributed by atoms with Crippen LogP contribution in [0.2, 0.25) is 0 Å². The van der Waals surface area contributed by atoms with Gasteiger partial charge in [-0.15, -0.1) is 0 Å². The van der Waals surface area contributed by atoms with Crippen molar-refractivity contribution in [1.82, 2.24) is 15.0 Å². The van der Waals surface area contributed by atoms with Crippen LogP contribution in [0.15, 0.2) is 18.2 Å². The van der Waals surface area contributed by atoms with E-state index in [-0.39, 0.29) is 6.04 Å². The summed E-state index contributed by atoms with van der Waals surface area (Å²) >= 11 is 0. The molecule has 21 heavy (non-hydrogen) atoms. The monoisotopic (exact) mass is 283 g/mol. The summed E-state index contributed by atoms with van der Waals surface area (Å²) in [6, 6.07) is 6.40. The topological polar surface area (TPSA) is 70.8 Å². The molecule has 0 bridgehead atoms. The summed E-state index contributed by atoms with van der Waals surface area (Å²) in [6.07, 6.45) is 3.58. The van der Waals surface area contributed by atoms with Gasteiger partial charge in [0.1, 0.15) is 11.5 Å². The van der Waals surface area contributed by atoms with E-state index in [1.807, 2.05) is 6.07 Å². The first-order valence-corrected chi connectivity index (χ1v) is 7.75. The highest BCUT2D eigenvalue weighted by Crippen LogP contribution is 2.41. The number of anilines is 1. The van der Waals surface area contributed by atoms with Crippen LogP contribution in [0.5, 0.6) is 0 Å². The van der Waals surface area contributed by atoms with Crippen LogP contribution in [0.25, 0.3) is 11.5 Å². The molecule has 0 aromatic carbocycles. The number of aryl methyl sites for hydroxylation is 1. The van der Waals surface area contributed by atoms with Crippen LogP contribution in [-0.2, 0) is 0 Å². The first-order chi connectivity index (χ1) is 10.2. The molecule has 2 aliphatic rings. The van der Waals surface area contributed by atoms with Gasteiger partial charge in [-0.05, 0) is 38.3 Å². The molecule has 110 valence electrons. The van der Waals surface area contributed by atoms with Crippen molar-refractivity contribution < 1.29 is 0 Å². The van der Waals surface area contributed by atoms with E-state index in [0.29, 0.717) is 5.92 Å². The normalized spacial score (nSPS) is 22.0. The van der Waals surface area contributed by atoms with E-state index in [2.05, 4.69) is 28.9 Å². The first-order valence-electron chi connectivity index (χ1n) is 7.75. The molecule has 1 unspecified atom stereocenters.